The zero-order valence-electron chi connectivity index (χ0n) is 16.6. The fraction of sp³-hybridized carbons (Fsp3) is 0.125. The third-order valence-corrected chi connectivity index (χ3v) is 5.15. The molecule has 6 nitrogen and oxygen atoms in total. The number of aromatic nitrogens is 2. The lowest BCUT2D eigenvalue weighted by Gasteiger charge is -2.19. The van der Waals surface area contributed by atoms with Crippen molar-refractivity contribution in [1.82, 2.24) is 10.3 Å². The Balaban J connectivity index is 1.79. The van der Waals surface area contributed by atoms with E-state index in [0.717, 1.165) is 15.9 Å². The van der Waals surface area contributed by atoms with Gasteiger partial charge >= 0.3 is 0 Å². The molecule has 4 aromatic rings. The molecule has 0 aliphatic rings. The fourth-order valence-electron chi connectivity index (χ4n) is 3.60. The predicted octanol–water partition coefficient (Wildman–Crippen LogP) is 4.00. The Hall–Kier alpha value is -3.93. The van der Waals surface area contributed by atoms with Crippen LogP contribution in [0.5, 0.6) is 0 Å². The Bertz CT molecular complexity index is 1190. The molecule has 6 heteroatoms. The second-order valence-corrected chi connectivity index (χ2v) is 7.06. The summed E-state index contributed by atoms with van der Waals surface area (Å²) in [6.07, 6.45) is 3.52. The zero-order chi connectivity index (χ0) is 21.1. The molecule has 0 spiro atoms. The van der Waals surface area contributed by atoms with E-state index >= 15 is 0 Å². The van der Waals surface area contributed by atoms with E-state index in [4.69, 9.17) is 10.7 Å². The summed E-state index contributed by atoms with van der Waals surface area (Å²) in [5, 5.41) is 15.1. The minimum absolute atomic E-state index is 0.245. The van der Waals surface area contributed by atoms with Crippen LogP contribution in [-0.2, 0) is 0 Å². The van der Waals surface area contributed by atoms with E-state index in [1.807, 2.05) is 61.5 Å². The van der Waals surface area contributed by atoms with Gasteiger partial charge in [0.15, 0.2) is 12.4 Å². The van der Waals surface area contributed by atoms with Crippen LogP contribution >= 0.6 is 0 Å². The van der Waals surface area contributed by atoms with E-state index in [0.29, 0.717) is 34.3 Å². The average Bonchev–Trinajstić information content (AvgIpc) is 2.78. The van der Waals surface area contributed by atoms with E-state index < -0.39 is 0 Å². The number of amides is 1. The molecule has 0 aliphatic heterocycles. The lowest BCUT2D eigenvalue weighted by Crippen LogP contribution is -2.30. The highest BCUT2D eigenvalue weighted by Crippen LogP contribution is 2.32. The molecule has 0 radical (unpaired) electrons. The van der Waals surface area contributed by atoms with Crippen molar-refractivity contribution in [2.45, 2.75) is 19.4 Å². The van der Waals surface area contributed by atoms with Crippen LogP contribution < -0.4 is 15.8 Å². The van der Waals surface area contributed by atoms with Crippen molar-refractivity contribution in [3.63, 3.8) is 0 Å². The van der Waals surface area contributed by atoms with Crippen LogP contribution in [0.25, 0.3) is 22.2 Å². The van der Waals surface area contributed by atoms with Gasteiger partial charge in [-0.2, -0.15) is 4.73 Å². The first-order chi connectivity index (χ1) is 14.6. The maximum atomic E-state index is 13.4. The molecule has 150 valence electrons. The minimum atomic E-state index is -0.269. The topological polar surface area (TPSA) is 95.0 Å². The number of rotatable bonds is 5. The summed E-state index contributed by atoms with van der Waals surface area (Å²) in [5.74, 6) is -0.269. The lowest BCUT2D eigenvalue weighted by molar-refractivity contribution is -0.605. The maximum absolute atomic E-state index is 13.4. The number of nitrogens with zero attached hydrogens (tertiary/aromatic N) is 2. The first-order valence-electron chi connectivity index (χ1n) is 9.81. The second-order valence-electron chi connectivity index (χ2n) is 7.06. The number of nitrogens with two attached hydrogens (primary N) is 1. The largest absolute Gasteiger partial charge is 0.619 e. The van der Waals surface area contributed by atoms with E-state index in [1.54, 1.807) is 12.1 Å². The Morgan fingerprint density at radius 3 is 2.43 bits per heavy atom. The van der Waals surface area contributed by atoms with Crippen LogP contribution in [0.4, 0.5) is 5.69 Å². The van der Waals surface area contributed by atoms with Gasteiger partial charge in [-0.05, 0) is 18.1 Å². The van der Waals surface area contributed by atoms with E-state index in [1.165, 1.54) is 12.4 Å². The van der Waals surface area contributed by atoms with Crippen molar-refractivity contribution in [3.8, 4) is 11.3 Å². The number of nitrogen functional groups attached to an aromatic ring is 1. The van der Waals surface area contributed by atoms with Gasteiger partial charge in [-0.15, -0.1) is 0 Å². The van der Waals surface area contributed by atoms with Gasteiger partial charge in [0.1, 0.15) is 0 Å². The average molecular weight is 398 g/mol. The monoisotopic (exact) mass is 398 g/mol. The summed E-state index contributed by atoms with van der Waals surface area (Å²) in [5.41, 5.74) is 10.2. The highest BCUT2D eigenvalue weighted by Gasteiger charge is 2.22. The Morgan fingerprint density at radius 1 is 1.07 bits per heavy atom. The van der Waals surface area contributed by atoms with Gasteiger partial charge in [-0.1, -0.05) is 55.5 Å². The zero-order valence-corrected chi connectivity index (χ0v) is 16.6. The Morgan fingerprint density at radius 2 is 1.73 bits per heavy atom. The molecule has 2 aromatic carbocycles. The van der Waals surface area contributed by atoms with Crippen LogP contribution in [0.1, 0.15) is 35.3 Å². The number of pyridine rings is 2. The summed E-state index contributed by atoms with van der Waals surface area (Å²) in [7, 11) is 0. The molecule has 0 fully saturated rings. The highest BCUT2D eigenvalue weighted by molar-refractivity contribution is 6.12. The number of para-hydroxylation sites is 1. The first kappa shape index (κ1) is 19.4. The van der Waals surface area contributed by atoms with Crippen LogP contribution in [-0.4, -0.2) is 10.9 Å². The molecule has 3 N–H and O–H groups in total. The van der Waals surface area contributed by atoms with Crippen molar-refractivity contribution in [2.24, 2.45) is 0 Å². The molecule has 0 saturated carbocycles. The molecule has 2 aromatic heterocycles. The van der Waals surface area contributed by atoms with Crippen molar-refractivity contribution >= 4 is 22.5 Å². The third-order valence-electron chi connectivity index (χ3n) is 5.15. The van der Waals surface area contributed by atoms with Crippen molar-refractivity contribution in [1.29, 1.82) is 0 Å². The van der Waals surface area contributed by atoms with Gasteiger partial charge in [-0.3, -0.25) is 4.79 Å². The molecule has 0 aliphatic carbocycles. The lowest BCUT2D eigenvalue weighted by atomic mass is 9.99. The summed E-state index contributed by atoms with van der Waals surface area (Å²) in [6.45, 7) is 1.98. The molecular formula is C24H22N4O2. The molecule has 1 amide bonds. The summed E-state index contributed by atoms with van der Waals surface area (Å²) in [4.78, 5) is 18.1. The summed E-state index contributed by atoms with van der Waals surface area (Å²) < 4.78 is 0.721. The number of fused-ring (bicyclic) bond motifs is 1. The molecule has 0 saturated heterocycles. The summed E-state index contributed by atoms with van der Waals surface area (Å²) in [6, 6.07) is 20.3. The van der Waals surface area contributed by atoms with Gasteiger partial charge in [-0.25, -0.2) is 4.98 Å². The summed E-state index contributed by atoms with van der Waals surface area (Å²) >= 11 is 0. The number of hydrogen-bond donors (Lipinski definition) is 2. The van der Waals surface area contributed by atoms with Crippen LogP contribution in [0.3, 0.4) is 0 Å². The van der Waals surface area contributed by atoms with Gasteiger partial charge in [0, 0.05) is 23.1 Å². The predicted molar refractivity (Wildman–Crippen MR) is 117 cm³/mol. The number of carbonyl (C=O) groups excluding carboxylic acids is 1. The maximum Gasteiger partial charge on any atom is 0.254 e. The quantitative estimate of drug-likeness (QED) is 0.392. The third kappa shape index (κ3) is 3.67. The minimum Gasteiger partial charge on any atom is -0.619 e. The van der Waals surface area contributed by atoms with Crippen LogP contribution in [0.2, 0.25) is 0 Å². The Labute approximate surface area is 174 Å². The van der Waals surface area contributed by atoms with Crippen molar-refractivity contribution in [2.75, 3.05) is 5.73 Å². The first-order valence-corrected chi connectivity index (χ1v) is 9.81. The standard InChI is InChI=1S/C24H22N4O2/c1-2-19(16-12-14-28(30)15-13-16)27-24(29)21-18-10-6-7-11-20(18)26-23(22(21)25)17-8-4-3-5-9-17/h3-15,19H,2,25H2,1H3,(H,27,29). The molecule has 1 unspecified atom stereocenters. The molecule has 1 atom stereocenters. The van der Waals surface area contributed by atoms with Crippen molar-refractivity contribution in [3.05, 3.63) is 95.5 Å². The molecule has 30 heavy (non-hydrogen) atoms. The second kappa shape index (κ2) is 8.21. The smallest absolute Gasteiger partial charge is 0.254 e. The number of carbonyl (C=O) groups is 1. The normalized spacial score (nSPS) is 11.9. The molecular weight excluding hydrogens is 376 g/mol. The SMILES string of the molecule is CCC(NC(=O)c1c(N)c(-c2ccccc2)nc2ccccc12)c1cc[n+]([O-])cc1. The van der Waals surface area contributed by atoms with Gasteiger partial charge in [0.25, 0.3) is 5.91 Å². The number of nitrogens with one attached hydrogen (secondary N) is 1. The molecule has 2 heterocycles. The highest BCUT2D eigenvalue weighted by atomic mass is 16.5. The van der Waals surface area contributed by atoms with Crippen LogP contribution in [0.15, 0.2) is 79.1 Å². The number of anilines is 1. The fourth-order valence-corrected chi connectivity index (χ4v) is 3.60. The molecule has 0 bridgehead atoms. The Kier molecular flexibility index (Phi) is 5.30. The van der Waals surface area contributed by atoms with E-state index in [9.17, 15) is 10.0 Å². The van der Waals surface area contributed by atoms with Gasteiger partial charge in [0.05, 0.1) is 28.5 Å². The molecule has 4 rings (SSSR count). The van der Waals surface area contributed by atoms with E-state index in [2.05, 4.69) is 5.32 Å². The van der Waals surface area contributed by atoms with Gasteiger partial charge in [0.2, 0.25) is 0 Å². The number of hydrogen-bond acceptors (Lipinski definition) is 4. The van der Waals surface area contributed by atoms with Crippen LogP contribution in [0, 0.1) is 5.21 Å². The van der Waals surface area contributed by atoms with Gasteiger partial charge < -0.3 is 16.3 Å². The number of benzene rings is 2. The van der Waals surface area contributed by atoms with E-state index in [-0.39, 0.29) is 11.9 Å². The van der Waals surface area contributed by atoms with Crippen molar-refractivity contribution < 1.29 is 9.52 Å².